The predicted octanol–water partition coefficient (Wildman–Crippen LogP) is 2.58. The summed E-state index contributed by atoms with van der Waals surface area (Å²) in [6.45, 7) is 0. The number of benzene rings is 1. The number of aromatic hydroxyl groups is 1. The lowest BCUT2D eigenvalue weighted by atomic mass is 10.3. The molecule has 0 saturated carbocycles. The molecule has 0 saturated heterocycles. The molecule has 1 aromatic carbocycles. The Labute approximate surface area is 71.4 Å². The van der Waals surface area contributed by atoms with Crippen LogP contribution in [0.2, 0.25) is 0 Å². The van der Waals surface area contributed by atoms with E-state index in [1.54, 1.807) is 0 Å². The molecule has 10 heavy (non-hydrogen) atoms. The van der Waals surface area contributed by atoms with E-state index in [2.05, 4.69) is 28.6 Å². The molecule has 0 spiro atoms. The maximum atomic E-state index is 12.5. The Bertz CT molecular complexity index is 237. The zero-order valence-corrected chi connectivity index (χ0v) is 7.29. The molecule has 0 aliphatic rings. The third kappa shape index (κ3) is 1.27. The number of halogens is 2. The first-order valence-corrected chi connectivity index (χ1v) is 3.73. The summed E-state index contributed by atoms with van der Waals surface area (Å²) in [5, 5.41) is 9.02. The average molecular weight is 223 g/mol. The van der Waals surface area contributed by atoms with Gasteiger partial charge in [0.15, 0.2) is 0 Å². The first-order chi connectivity index (χ1) is 4.63. The summed E-state index contributed by atoms with van der Waals surface area (Å²) in [5.74, 6) is -0.654. The number of phenolic OH excluding ortho intramolecular Hbond substituents is 1. The standard InChI is InChI=1S/C6H4BrFOS/c7-5-3(8)1-2-4(10)6(5)9/h1-2,9-10H. The van der Waals surface area contributed by atoms with Crippen LogP contribution < -0.4 is 0 Å². The lowest BCUT2D eigenvalue weighted by Gasteiger charge is -1.99. The summed E-state index contributed by atoms with van der Waals surface area (Å²) >= 11 is 6.72. The minimum Gasteiger partial charge on any atom is -0.505 e. The van der Waals surface area contributed by atoms with Crippen molar-refractivity contribution in [3.8, 4) is 5.75 Å². The highest BCUT2D eigenvalue weighted by molar-refractivity contribution is 9.10. The minimum absolute atomic E-state index is 0.0556. The van der Waals surface area contributed by atoms with Crippen LogP contribution in [-0.2, 0) is 0 Å². The summed E-state index contributed by atoms with van der Waals surface area (Å²) in [6, 6.07) is 2.62. The van der Waals surface area contributed by atoms with Crippen molar-refractivity contribution in [2.24, 2.45) is 0 Å². The molecule has 0 heterocycles. The molecule has 1 nitrogen and oxygen atoms in total. The van der Waals surface area contributed by atoms with Crippen molar-refractivity contribution < 1.29 is 9.50 Å². The van der Waals surface area contributed by atoms with Crippen molar-refractivity contribution in [2.45, 2.75) is 4.90 Å². The van der Waals surface area contributed by atoms with E-state index in [4.69, 9.17) is 5.11 Å². The van der Waals surface area contributed by atoms with Gasteiger partial charge < -0.3 is 5.11 Å². The molecular weight excluding hydrogens is 219 g/mol. The van der Waals surface area contributed by atoms with Crippen LogP contribution in [0.5, 0.6) is 5.75 Å². The smallest absolute Gasteiger partial charge is 0.146 e. The lowest BCUT2D eigenvalue weighted by Crippen LogP contribution is -1.78. The Balaban J connectivity index is 3.34. The lowest BCUT2D eigenvalue weighted by molar-refractivity contribution is 0.451. The van der Waals surface area contributed by atoms with E-state index in [-0.39, 0.29) is 10.2 Å². The van der Waals surface area contributed by atoms with Gasteiger partial charge in [-0.3, -0.25) is 0 Å². The Morgan fingerprint density at radius 2 is 2.10 bits per heavy atom. The van der Waals surface area contributed by atoms with Crippen LogP contribution in [0, 0.1) is 5.82 Å². The van der Waals surface area contributed by atoms with Crippen LogP contribution in [0.25, 0.3) is 0 Å². The second kappa shape index (κ2) is 2.80. The van der Waals surface area contributed by atoms with Crippen molar-refractivity contribution >= 4 is 28.6 Å². The van der Waals surface area contributed by atoms with Gasteiger partial charge in [0.2, 0.25) is 0 Å². The zero-order valence-electron chi connectivity index (χ0n) is 4.81. The summed E-state index contributed by atoms with van der Waals surface area (Å²) in [4.78, 5) is 0.355. The Morgan fingerprint density at radius 1 is 1.50 bits per heavy atom. The SMILES string of the molecule is Oc1c(S)ccc(F)c1Br. The van der Waals surface area contributed by atoms with Crippen molar-refractivity contribution in [3.05, 3.63) is 22.4 Å². The Morgan fingerprint density at radius 3 is 2.60 bits per heavy atom. The normalized spacial score (nSPS) is 9.90. The average Bonchev–Trinajstić information content (AvgIpc) is 1.93. The molecular formula is C6H4BrFOS. The van der Waals surface area contributed by atoms with E-state index < -0.39 is 5.82 Å². The van der Waals surface area contributed by atoms with Crippen LogP contribution in [0.3, 0.4) is 0 Å². The maximum Gasteiger partial charge on any atom is 0.146 e. The molecule has 1 aromatic rings. The van der Waals surface area contributed by atoms with Gasteiger partial charge in [0, 0.05) is 4.90 Å². The molecule has 1 rings (SSSR count). The molecule has 0 bridgehead atoms. The largest absolute Gasteiger partial charge is 0.505 e. The predicted molar refractivity (Wildman–Crippen MR) is 43.0 cm³/mol. The zero-order chi connectivity index (χ0) is 7.72. The second-order valence-corrected chi connectivity index (χ2v) is 3.00. The van der Waals surface area contributed by atoms with E-state index in [0.29, 0.717) is 4.90 Å². The van der Waals surface area contributed by atoms with Crippen molar-refractivity contribution in [1.29, 1.82) is 0 Å². The monoisotopic (exact) mass is 222 g/mol. The number of phenols is 1. The summed E-state index contributed by atoms with van der Waals surface area (Å²) < 4.78 is 12.6. The summed E-state index contributed by atoms with van der Waals surface area (Å²) in [5.41, 5.74) is 0. The van der Waals surface area contributed by atoms with Gasteiger partial charge in [-0.2, -0.15) is 0 Å². The molecule has 0 atom stereocenters. The molecule has 0 fully saturated rings. The van der Waals surface area contributed by atoms with Gasteiger partial charge in [0.25, 0.3) is 0 Å². The van der Waals surface area contributed by atoms with Crippen molar-refractivity contribution in [2.75, 3.05) is 0 Å². The molecule has 0 unspecified atom stereocenters. The molecule has 4 heteroatoms. The molecule has 1 N–H and O–H groups in total. The van der Waals surface area contributed by atoms with Gasteiger partial charge in [-0.15, -0.1) is 12.6 Å². The summed E-state index contributed by atoms with van der Waals surface area (Å²) in [6.07, 6.45) is 0. The highest BCUT2D eigenvalue weighted by Crippen LogP contribution is 2.32. The summed E-state index contributed by atoms with van der Waals surface area (Å²) in [7, 11) is 0. The van der Waals surface area contributed by atoms with E-state index >= 15 is 0 Å². The quantitative estimate of drug-likeness (QED) is 0.647. The fourth-order valence-corrected chi connectivity index (χ4v) is 1.22. The molecule has 0 aliphatic heterocycles. The minimum atomic E-state index is -0.490. The molecule has 0 amide bonds. The number of rotatable bonds is 0. The first kappa shape index (κ1) is 7.88. The number of thiol groups is 1. The highest BCUT2D eigenvalue weighted by Gasteiger charge is 2.06. The second-order valence-electron chi connectivity index (χ2n) is 1.73. The first-order valence-electron chi connectivity index (χ1n) is 2.49. The molecule has 54 valence electrons. The maximum absolute atomic E-state index is 12.5. The third-order valence-electron chi connectivity index (χ3n) is 1.05. The van der Waals surface area contributed by atoms with E-state index in [9.17, 15) is 4.39 Å². The fourth-order valence-electron chi connectivity index (χ4n) is 0.530. The number of hydrogen-bond acceptors (Lipinski definition) is 2. The third-order valence-corrected chi connectivity index (χ3v) is 2.16. The van der Waals surface area contributed by atoms with Gasteiger partial charge >= 0.3 is 0 Å². The van der Waals surface area contributed by atoms with Crippen LogP contribution in [0.1, 0.15) is 0 Å². The van der Waals surface area contributed by atoms with Gasteiger partial charge in [-0.1, -0.05) is 0 Å². The molecule has 0 aliphatic carbocycles. The fraction of sp³-hybridized carbons (Fsp3) is 0. The van der Waals surface area contributed by atoms with Crippen molar-refractivity contribution in [1.82, 2.24) is 0 Å². The Kier molecular flexibility index (Phi) is 2.21. The Hall–Kier alpha value is -0.220. The van der Waals surface area contributed by atoms with E-state index in [1.807, 2.05) is 0 Å². The van der Waals surface area contributed by atoms with Crippen molar-refractivity contribution in [3.63, 3.8) is 0 Å². The topological polar surface area (TPSA) is 20.2 Å². The van der Waals surface area contributed by atoms with E-state index in [1.165, 1.54) is 12.1 Å². The van der Waals surface area contributed by atoms with Gasteiger partial charge in [0.05, 0.1) is 4.47 Å². The molecule has 0 aromatic heterocycles. The van der Waals surface area contributed by atoms with E-state index in [0.717, 1.165) is 0 Å². The van der Waals surface area contributed by atoms with Gasteiger partial charge in [-0.05, 0) is 28.1 Å². The van der Waals surface area contributed by atoms with Gasteiger partial charge in [-0.25, -0.2) is 4.39 Å². The van der Waals surface area contributed by atoms with Crippen LogP contribution >= 0.6 is 28.6 Å². The van der Waals surface area contributed by atoms with Gasteiger partial charge in [0.1, 0.15) is 11.6 Å². The molecule has 0 radical (unpaired) electrons. The van der Waals surface area contributed by atoms with Crippen LogP contribution in [-0.4, -0.2) is 5.11 Å². The highest BCUT2D eigenvalue weighted by atomic mass is 79.9. The van der Waals surface area contributed by atoms with Crippen LogP contribution in [0.4, 0.5) is 4.39 Å². The van der Waals surface area contributed by atoms with Crippen LogP contribution in [0.15, 0.2) is 21.5 Å². The number of hydrogen-bond donors (Lipinski definition) is 2.